The van der Waals surface area contributed by atoms with E-state index in [-0.39, 0.29) is 29.6 Å². The summed E-state index contributed by atoms with van der Waals surface area (Å²) in [6.07, 6.45) is 0. The summed E-state index contributed by atoms with van der Waals surface area (Å²) in [5.41, 5.74) is 6.57. The van der Waals surface area contributed by atoms with Crippen LogP contribution in [0.1, 0.15) is 25.5 Å². The Hall–Kier alpha value is -1.06. The van der Waals surface area contributed by atoms with Gasteiger partial charge in [-0.3, -0.25) is 9.59 Å². The molecule has 9 heteroatoms. The Labute approximate surface area is 172 Å². The van der Waals surface area contributed by atoms with Crippen LogP contribution >= 0.6 is 11.8 Å². The number of hydrogen-bond donors (Lipinski definition) is 2. The van der Waals surface area contributed by atoms with E-state index in [1.807, 2.05) is 6.07 Å². The molecule has 3 N–H and O–H groups in total. The summed E-state index contributed by atoms with van der Waals surface area (Å²) in [7, 11) is 0. The second kappa shape index (κ2) is 7.28. The number of amides is 2. The van der Waals surface area contributed by atoms with Crippen LogP contribution in [-0.2, 0) is 14.4 Å². The number of rotatable bonds is 4. The first-order chi connectivity index (χ1) is 11.2. The van der Waals surface area contributed by atoms with Crippen LogP contribution in [0.2, 0.25) is 0 Å². The van der Waals surface area contributed by atoms with Crippen LogP contribution < -0.4 is 45.7 Å². The molecule has 2 aliphatic heterocycles. The van der Waals surface area contributed by atoms with Crippen molar-refractivity contribution in [3.8, 4) is 0 Å². The van der Waals surface area contributed by atoms with Crippen LogP contribution in [-0.4, -0.2) is 44.9 Å². The summed E-state index contributed by atoms with van der Waals surface area (Å²) in [4.78, 5) is 37.2. The van der Waals surface area contributed by atoms with Gasteiger partial charge in [-0.25, -0.2) is 0 Å². The molecular formula is C16H18N3NaO4S. The molecule has 0 aromatic heterocycles. The van der Waals surface area contributed by atoms with Gasteiger partial charge in [0.2, 0.25) is 11.8 Å². The maximum Gasteiger partial charge on any atom is 1.00 e. The van der Waals surface area contributed by atoms with Gasteiger partial charge < -0.3 is 25.9 Å². The number of carbonyl (C=O) groups is 3. The average Bonchev–Trinajstić information content (AvgIpc) is 2.80. The van der Waals surface area contributed by atoms with E-state index in [1.54, 1.807) is 38.1 Å². The van der Waals surface area contributed by atoms with Gasteiger partial charge in [0.25, 0.3) is 0 Å². The van der Waals surface area contributed by atoms with Crippen molar-refractivity contribution in [2.45, 2.75) is 42.1 Å². The van der Waals surface area contributed by atoms with Crippen molar-refractivity contribution < 1.29 is 49.0 Å². The molecule has 1 aromatic carbocycles. The molecule has 0 radical (unpaired) electrons. The molecule has 2 unspecified atom stereocenters. The normalized spacial score (nSPS) is 27.6. The van der Waals surface area contributed by atoms with Gasteiger partial charge in [0.05, 0.1) is 12.0 Å². The molecular weight excluding hydrogens is 353 g/mol. The van der Waals surface area contributed by atoms with E-state index in [1.165, 1.54) is 16.7 Å². The smallest absolute Gasteiger partial charge is 0.548 e. The fourth-order valence-electron chi connectivity index (χ4n) is 3.18. The van der Waals surface area contributed by atoms with E-state index in [9.17, 15) is 19.5 Å². The van der Waals surface area contributed by atoms with Gasteiger partial charge in [0, 0.05) is 4.75 Å². The molecule has 2 fully saturated rings. The zero-order valence-corrected chi connectivity index (χ0v) is 17.1. The molecule has 128 valence electrons. The number of fused-ring (bicyclic) bond motifs is 1. The molecule has 2 heterocycles. The predicted molar refractivity (Wildman–Crippen MR) is 86.4 cm³/mol. The summed E-state index contributed by atoms with van der Waals surface area (Å²) in [6.45, 7) is 3.50. The zero-order valence-electron chi connectivity index (χ0n) is 14.3. The number of carboxylic acid groups (broad SMARTS) is 1. The first kappa shape index (κ1) is 20.3. The molecule has 2 aliphatic rings. The summed E-state index contributed by atoms with van der Waals surface area (Å²) in [5.74, 6) is -2.16. The van der Waals surface area contributed by atoms with E-state index in [0.29, 0.717) is 5.56 Å². The number of thioether (sulfide) groups is 1. The SMILES string of the molecule is CC1(C)S[C@H]2[C@@H](NC(=O)C(N)c3ccccc3)C(=O)N2C1C(=O)[O-].[Na+]. The second-order valence-electron chi connectivity index (χ2n) is 6.45. The van der Waals surface area contributed by atoms with E-state index in [0.717, 1.165) is 0 Å². The maximum atomic E-state index is 12.3. The van der Waals surface area contributed by atoms with Gasteiger partial charge in [0.1, 0.15) is 17.5 Å². The molecule has 25 heavy (non-hydrogen) atoms. The Morgan fingerprint density at radius 2 is 1.92 bits per heavy atom. The third-order valence-electron chi connectivity index (χ3n) is 4.40. The Morgan fingerprint density at radius 3 is 2.48 bits per heavy atom. The number of nitrogens with two attached hydrogens (primary N) is 1. The minimum Gasteiger partial charge on any atom is -0.548 e. The minimum absolute atomic E-state index is 0. The largest absolute Gasteiger partial charge is 1.00 e. The van der Waals surface area contributed by atoms with Gasteiger partial charge in [-0.1, -0.05) is 30.3 Å². The third-order valence-corrected chi connectivity index (χ3v) is 5.97. The molecule has 0 bridgehead atoms. The number of benzene rings is 1. The molecule has 1 aromatic rings. The molecule has 2 amide bonds. The molecule has 3 rings (SSSR count). The van der Waals surface area contributed by atoms with Gasteiger partial charge in [-0.2, -0.15) is 0 Å². The second-order valence-corrected chi connectivity index (χ2v) is 8.22. The Bertz CT molecular complexity index is 700. The predicted octanol–water partition coefficient (Wildman–Crippen LogP) is -4.01. The monoisotopic (exact) mass is 371 g/mol. The summed E-state index contributed by atoms with van der Waals surface area (Å²) < 4.78 is -0.680. The Morgan fingerprint density at radius 1 is 1.32 bits per heavy atom. The number of nitrogens with one attached hydrogen (secondary N) is 1. The third kappa shape index (κ3) is 3.46. The molecule has 2 saturated heterocycles. The molecule has 0 spiro atoms. The number of carbonyl (C=O) groups excluding carboxylic acids is 3. The van der Waals surface area contributed by atoms with Gasteiger partial charge in [-0.15, -0.1) is 11.8 Å². The molecule has 0 aliphatic carbocycles. The van der Waals surface area contributed by atoms with E-state index in [2.05, 4.69) is 5.32 Å². The van der Waals surface area contributed by atoms with Gasteiger partial charge >= 0.3 is 29.6 Å². The molecule has 4 atom stereocenters. The zero-order chi connectivity index (χ0) is 17.6. The number of nitrogens with zero attached hydrogens (tertiary/aromatic N) is 1. The minimum atomic E-state index is -1.28. The van der Waals surface area contributed by atoms with Crippen molar-refractivity contribution in [1.29, 1.82) is 0 Å². The van der Waals surface area contributed by atoms with Crippen molar-refractivity contribution in [1.82, 2.24) is 10.2 Å². The van der Waals surface area contributed by atoms with Crippen LogP contribution in [0, 0.1) is 0 Å². The first-order valence-corrected chi connectivity index (χ1v) is 8.44. The van der Waals surface area contributed by atoms with Crippen LogP contribution in [0.15, 0.2) is 30.3 Å². The summed E-state index contributed by atoms with van der Waals surface area (Å²) >= 11 is 1.34. The van der Waals surface area contributed by atoms with Crippen molar-refractivity contribution in [3.05, 3.63) is 35.9 Å². The average molecular weight is 371 g/mol. The van der Waals surface area contributed by atoms with Crippen molar-refractivity contribution in [3.63, 3.8) is 0 Å². The van der Waals surface area contributed by atoms with Gasteiger partial charge in [0.15, 0.2) is 0 Å². The number of β-lactam (4-membered cyclic amide) rings is 1. The van der Waals surface area contributed by atoms with Crippen LogP contribution in [0.3, 0.4) is 0 Å². The first-order valence-electron chi connectivity index (χ1n) is 7.56. The maximum absolute atomic E-state index is 12.3. The number of carboxylic acids is 1. The quantitative estimate of drug-likeness (QED) is 0.412. The van der Waals surface area contributed by atoms with E-state index in [4.69, 9.17) is 5.73 Å². The van der Waals surface area contributed by atoms with Crippen molar-refractivity contribution >= 4 is 29.5 Å². The Kier molecular flexibility index (Phi) is 5.90. The van der Waals surface area contributed by atoms with Crippen molar-refractivity contribution in [2.24, 2.45) is 5.73 Å². The van der Waals surface area contributed by atoms with Crippen molar-refractivity contribution in [2.75, 3.05) is 0 Å². The fourth-order valence-corrected chi connectivity index (χ4v) is 4.80. The summed E-state index contributed by atoms with van der Waals surface area (Å²) in [6, 6.07) is 6.19. The Balaban J connectivity index is 0.00000225. The van der Waals surface area contributed by atoms with Crippen LogP contribution in [0.5, 0.6) is 0 Å². The fraction of sp³-hybridized carbons (Fsp3) is 0.438. The summed E-state index contributed by atoms with van der Waals surface area (Å²) in [5, 5.41) is 13.6. The number of hydrogen-bond acceptors (Lipinski definition) is 6. The number of aliphatic carboxylic acids is 1. The standard InChI is InChI=1S/C16H19N3O4S.Na/c1-16(2)11(15(22)23)19-13(21)10(14(19)24-16)18-12(20)9(17)8-6-4-3-5-7-8;/h3-7,9-11,14H,17H2,1-2H3,(H,18,20)(H,22,23);/q;+1/p-1/t9?,10-,11?,14-;/m0./s1. The van der Waals surface area contributed by atoms with Crippen LogP contribution in [0.4, 0.5) is 0 Å². The van der Waals surface area contributed by atoms with Gasteiger partial charge in [-0.05, 0) is 19.4 Å². The molecule has 0 saturated carbocycles. The van der Waals surface area contributed by atoms with E-state index < -0.39 is 46.0 Å². The van der Waals surface area contributed by atoms with E-state index >= 15 is 0 Å². The topological polar surface area (TPSA) is 116 Å². The van der Waals surface area contributed by atoms with Crippen LogP contribution in [0.25, 0.3) is 0 Å². The molecule has 7 nitrogen and oxygen atoms in total.